The fourth-order valence-electron chi connectivity index (χ4n) is 2.58. The van der Waals surface area contributed by atoms with E-state index in [1.807, 2.05) is 38.1 Å². The van der Waals surface area contributed by atoms with Crippen molar-refractivity contribution in [2.75, 3.05) is 0 Å². The molecule has 1 heterocycles. The highest BCUT2D eigenvalue weighted by Crippen LogP contribution is 2.17. The van der Waals surface area contributed by atoms with Crippen molar-refractivity contribution in [1.29, 1.82) is 0 Å². The van der Waals surface area contributed by atoms with Gasteiger partial charge in [0.15, 0.2) is 0 Å². The van der Waals surface area contributed by atoms with E-state index in [9.17, 15) is 9.90 Å². The number of aromatic nitrogens is 2. The number of hydrogen-bond donors (Lipinski definition) is 2. The van der Waals surface area contributed by atoms with E-state index < -0.39 is 12.0 Å². The number of benzene rings is 1. The summed E-state index contributed by atoms with van der Waals surface area (Å²) in [5, 5.41) is 12.4. The number of nitrogens with zero attached hydrogens (tertiary/aromatic N) is 2. The number of para-hydroxylation sites is 2. The molecule has 2 N–H and O–H groups in total. The molecular weight excluding hydrogens is 266 g/mol. The number of carboxylic acids is 1. The number of fused-ring (bicyclic) bond motifs is 1. The number of rotatable bonds is 7. The number of hydrogen-bond acceptors (Lipinski definition) is 3. The summed E-state index contributed by atoms with van der Waals surface area (Å²) in [5.74, 6) is 0.205. The predicted octanol–water partition coefficient (Wildman–Crippen LogP) is 2.44. The maximum atomic E-state index is 11.3. The van der Waals surface area contributed by atoms with Crippen LogP contribution >= 0.6 is 0 Å². The number of nitrogens with one attached hydrogen (secondary N) is 1. The van der Waals surface area contributed by atoms with Gasteiger partial charge in [-0.15, -0.1) is 0 Å². The first-order valence-corrected chi connectivity index (χ1v) is 7.46. The summed E-state index contributed by atoms with van der Waals surface area (Å²) < 4.78 is 2.13. The minimum Gasteiger partial charge on any atom is -0.480 e. The lowest BCUT2D eigenvalue weighted by atomic mass is 10.2. The molecule has 0 saturated heterocycles. The summed E-state index contributed by atoms with van der Waals surface area (Å²) in [7, 11) is 0. The topological polar surface area (TPSA) is 67.2 Å². The largest absolute Gasteiger partial charge is 0.480 e. The molecule has 0 fully saturated rings. The first kappa shape index (κ1) is 15.5. The summed E-state index contributed by atoms with van der Waals surface area (Å²) in [6.07, 6.45) is 1.38. The Morgan fingerprint density at radius 2 is 2.10 bits per heavy atom. The Morgan fingerprint density at radius 1 is 1.38 bits per heavy atom. The molecule has 114 valence electrons. The van der Waals surface area contributed by atoms with Crippen LogP contribution in [0.4, 0.5) is 0 Å². The summed E-state index contributed by atoms with van der Waals surface area (Å²) >= 11 is 0. The Morgan fingerprint density at radius 3 is 2.71 bits per heavy atom. The van der Waals surface area contributed by atoms with Gasteiger partial charge < -0.3 is 15.0 Å². The molecule has 5 heteroatoms. The standard InChI is InChI=1S/C16H23N3O2/c1-4-15-18-12-7-5-6-8-14(12)19(15)10-9-13(16(20)21)17-11(2)3/h5-8,11,13,17H,4,9-10H2,1-3H3,(H,20,21). The van der Waals surface area contributed by atoms with Crippen LogP contribution < -0.4 is 5.32 Å². The molecule has 1 unspecified atom stereocenters. The summed E-state index contributed by atoms with van der Waals surface area (Å²) in [4.78, 5) is 15.9. The van der Waals surface area contributed by atoms with Crippen LogP contribution in [-0.4, -0.2) is 32.7 Å². The second kappa shape index (κ2) is 6.72. The molecule has 0 aliphatic heterocycles. The zero-order valence-electron chi connectivity index (χ0n) is 12.8. The van der Waals surface area contributed by atoms with Crippen LogP contribution in [0.25, 0.3) is 11.0 Å². The van der Waals surface area contributed by atoms with E-state index in [-0.39, 0.29) is 6.04 Å². The molecule has 0 aliphatic rings. The van der Waals surface area contributed by atoms with Gasteiger partial charge in [0.25, 0.3) is 0 Å². The molecule has 0 spiro atoms. The molecular formula is C16H23N3O2. The molecule has 0 saturated carbocycles. The Hall–Kier alpha value is -1.88. The first-order chi connectivity index (χ1) is 10.0. The molecule has 21 heavy (non-hydrogen) atoms. The molecule has 0 amide bonds. The monoisotopic (exact) mass is 289 g/mol. The van der Waals surface area contributed by atoms with Crippen LogP contribution in [0.1, 0.15) is 33.0 Å². The number of carbonyl (C=O) groups is 1. The van der Waals surface area contributed by atoms with E-state index in [0.29, 0.717) is 13.0 Å². The molecule has 1 aromatic carbocycles. The predicted molar refractivity (Wildman–Crippen MR) is 83.4 cm³/mol. The van der Waals surface area contributed by atoms with Crippen molar-refractivity contribution in [2.45, 2.75) is 52.2 Å². The van der Waals surface area contributed by atoms with Crippen LogP contribution in [0.5, 0.6) is 0 Å². The highest BCUT2D eigenvalue weighted by atomic mass is 16.4. The fraction of sp³-hybridized carbons (Fsp3) is 0.500. The van der Waals surface area contributed by atoms with Gasteiger partial charge in [0.1, 0.15) is 11.9 Å². The average Bonchev–Trinajstić information content (AvgIpc) is 2.80. The lowest BCUT2D eigenvalue weighted by molar-refractivity contribution is -0.139. The summed E-state index contributed by atoms with van der Waals surface area (Å²) in [5.41, 5.74) is 2.04. The number of aryl methyl sites for hydroxylation is 2. The molecule has 1 aromatic heterocycles. The molecule has 0 radical (unpaired) electrons. The van der Waals surface area contributed by atoms with Crippen molar-refractivity contribution < 1.29 is 9.90 Å². The number of carboxylic acid groups (broad SMARTS) is 1. The van der Waals surface area contributed by atoms with Gasteiger partial charge in [-0.1, -0.05) is 32.9 Å². The normalized spacial score (nSPS) is 13.0. The summed E-state index contributed by atoms with van der Waals surface area (Å²) in [6.45, 7) is 6.64. The quantitative estimate of drug-likeness (QED) is 0.821. The minimum atomic E-state index is -0.800. The second-order valence-corrected chi connectivity index (χ2v) is 5.52. The van der Waals surface area contributed by atoms with Gasteiger partial charge in [0.05, 0.1) is 11.0 Å². The van der Waals surface area contributed by atoms with Gasteiger partial charge in [-0.05, 0) is 18.6 Å². The third kappa shape index (κ3) is 3.61. The van der Waals surface area contributed by atoms with E-state index in [4.69, 9.17) is 0 Å². The second-order valence-electron chi connectivity index (χ2n) is 5.52. The van der Waals surface area contributed by atoms with Gasteiger partial charge in [-0.3, -0.25) is 4.79 Å². The highest BCUT2D eigenvalue weighted by Gasteiger charge is 2.19. The van der Waals surface area contributed by atoms with Crippen molar-refractivity contribution >= 4 is 17.0 Å². The molecule has 2 rings (SSSR count). The maximum Gasteiger partial charge on any atom is 0.320 e. The third-order valence-electron chi connectivity index (χ3n) is 3.52. The fourth-order valence-corrected chi connectivity index (χ4v) is 2.58. The SMILES string of the molecule is CCc1nc2ccccc2n1CCC(NC(C)C)C(=O)O. The molecule has 0 bridgehead atoms. The number of aliphatic carboxylic acids is 1. The van der Waals surface area contributed by atoms with Crippen LogP contribution in [-0.2, 0) is 17.8 Å². The van der Waals surface area contributed by atoms with Crippen molar-refractivity contribution in [1.82, 2.24) is 14.9 Å². The van der Waals surface area contributed by atoms with Crippen LogP contribution in [0.2, 0.25) is 0 Å². The molecule has 2 aromatic rings. The Bertz CT molecular complexity index is 619. The first-order valence-electron chi connectivity index (χ1n) is 7.46. The zero-order chi connectivity index (χ0) is 15.4. The van der Waals surface area contributed by atoms with Crippen LogP contribution in [0.15, 0.2) is 24.3 Å². The Balaban J connectivity index is 2.20. The van der Waals surface area contributed by atoms with E-state index in [2.05, 4.69) is 21.8 Å². The van der Waals surface area contributed by atoms with E-state index in [1.54, 1.807) is 0 Å². The van der Waals surface area contributed by atoms with Gasteiger partial charge in [0.2, 0.25) is 0 Å². The Labute approximate surface area is 125 Å². The van der Waals surface area contributed by atoms with Gasteiger partial charge in [0, 0.05) is 19.0 Å². The van der Waals surface area contributed by atoms with E-state index >= 15 is 0 Å². The van der Waals surface area contributed by atoms with E-state index in [0.717, 1.165) is 23.3 Å². The van der Waals surface area contributed by atoms with Crippen LogP contribution in [0.3, 0.4) is 0 Å². The molecule has 0 aliphatic carbocycles. The number of imidazole rings is 1. The molecule has 1 atom stereocenters. The van der Waals surface area contributed by atoms with Gasteiger partial charge in [-0.25, -0.2) is 4.98 Å². The lowest BCUT2D eigenvalue weighted by Gasteiger charge is -2.18. The average molecular weight is 289 g/mol. The van der Waals surface area contributed by atoms with Crippen LogP contribution in [0, 0.1) is 0 Å². The summed E-state index contributed by atoms with van der Waals surface area (Å²) in [6, 6.07) is 7.60. The van der Waals surface area contributed by atoms with Crippen molar-refractivity contribution in [3.8, 4) is 0 Å². The van der Waals surface area contributed by atoms with Crippen molar-refractivity contribution in [3.63, 3.8) is 0 Å². The maximum absolute atomic E-state index is 11.3. The third-order valence-corrected chi connectivity index (χ3v) is 3.52. The van der Waals surface area contributed by atoms with Gasteiger partial charge in [-0.2, -0.15) is 0 Å². The zero-order valence-corrected chi connectivity index (χ0v) is 12.8. The smallest absolute Gasteiger partial charge is 0.320 e. The highest BCUT2D eigenvalue weighted by molar-refractivity contribution is 5.76. The minimum absolute atomic E-state index is 0.149. The lowest BCUT2D eigenvalue weighted by Crippen LogP contribution is -2.41. The Kier molecular flexibility index (Phi) is 4.96. The van der Waals surface area contributed by atoms with Gasteiger partial charge >= 0.3 is 5.97 Å². The van der Waals surface area contributed by atoms with Crippen molar-refractivity contribution in [2.24, 2.45) is 0 Å². The molecule has 5 nitrogen and oxygen atoms in total. The van der Waals surface area contributed by atoms with Crippen molar-refractivity contribution in [3.05, 3.63) is 30.1 Å². The van der Waals surface area contributed by atoms with E-state index in [1.165, 1.54) is 0 Å².